The average molecular weight is 483 g/mol. The summed E-state index contributed by atoms with van der Waals surface area (Å²) in [7, 11) is 1.51. The number of benzene rings is 2. The minimum atomic E-state index is -0.953. The van der Waals surface area contributed by atoms with Crippen LogP contribution in [0.4, 0.5) is 10.1 Å². The number of carbonyl (C=O) groups is 2. The first-order valence-corrected chi connectivity index (χ1v) is 10.0. The smallest absolute Gasteiger partial charge is 0.300 e. The number of rotatable bonds is 4. The number of nitrogens with zero attached hydrogens (tertiary/aromatic N) is 2. The number of carbonyl (C=O) groups excluding carboxylic acids is 2. The Bertz CT molecular complexity index is 1210. The predicted octanol–water partition coefficient (Wildman–Crippen LogP) is 4.62. The van der Waals surface area contributed by atoms with E-state index in [1.54, 1.807) is 30.3 Å². The number of amides is 1. The average Bonchev–Trinajstić information content (AvgIpc) is 3.04. The Labute approximate surface area is 185 Å². The van der Waals surface area contributed by atoms with Crippen LogP contribution in [0.2, 0.25) is 0 Å². The van der Waals surface area contributed by atoms with Crippen molar-refractivity contribution in [2.24, 2.45) is 0 Å². The number of anilines is 1. The van der Waals surface area contributed by atoms with Gasteiger partial charge in [0, 0.05) is 23.6 Å². The fraction of sp³-hybridized carbons (Fsp3) is 0.0870. The first kappa shape index (κ1) is 20.7. The van der Waals surface area contributed by atoms with Crippen LogP contribution >= 0.6 is 15.9 Å². The van der Waals surface area contributed by atoms with Crippen molar-refractivity contribution in [1.29, 1.82) is 0 Å². The van der Waals surface area contributed by atoms with Gasteiger partial charge in [-0.05, 0) is 70.0 Å². The van der Waals surface area contributed by atoms with Crippen molar-refractivity contribution in [2.75, 3.05) is 12.0 Å². The lowest BCUT2D eigenvalue weighted by molar-refractivity contribution is -0.132. The number of aromatic nitrogens is 1. The van der Waals surface area contributed by atoms with E-state index in [9.17, 15) is 19.1 Å². The zero-order valence-electron chi connectivity index (χ0n) is 16.3. The molecule has 31 heavy (non-hydrogen) atoms. The minimum Gasteiger partial charge on any atom is -0.507 e. The fourth-order valence-corrected chi connectivity index (χ4v) is 4.10. The van der Waals surface area contributed by atoms with Crippen molar-refractivity contribution in [3.63, 3.8) is 0 Å². The Morgan fingerprint density at radius 3 is 2.52 bits per heavy atom. The Morgan fingerprint density at radius 2 is 1.87 bits per heavy atom. The lowest BCUT2D eigenvalue weighted by atomic mass is 9.95. The van der Waals surface area contributed by atoms with E-state index in [1.807, 2.05) is 0 Å². The van der Waals surface area contributed by atoms with Gasteiger partial charge in [0.1, 0.15) is 17.3 Å². The molecule has 8 heteroatoms. The molecule has 156 valence electrons. The van der Waals surface area contributed by atoms with E-state index in [2.05, 4.69) is 20.9 Å². The number of aliphatic hydroxyl groups is 1. The summed E-state index contributed by atoms with van der Waals surface area (Å²) in [6, 6.07) is 12.5. The third kappa shape index (κ3) is 3.70. The second-order valence-corrected chi connectivity index (χ2v) is 7.63. The summed E-state index contributed by atoms with van der Waals surface area (Å²) in [5, 5.41) is 11.1. The SMILES string of the molecule is COc1ccc(/C(O)=C2\C(=O)C(=O)N(c3cccc(F)c3)C2c2ccncc2)cc1Br. The third-order valence-electron chi connectivity index (χ3n) is 4.98. The van der Waals surface area contributed by atoms with Gasteiger partial charge >= 0.3 is 0 Å². The van der Waals surface area contributed by atoms with Gasteiger partial charge in [0.25, 0.3) is 11.7 Å². The lowest BCUT2D eigenvalue weighted by Gasteiger charge is -2.25. The number of pyridine rings is 1. The maximum Gasteiger partial charge on any atom is 0.300 e. The lowest BCUT2D eigenvalue weighted by Crippen LogP contribution is -2.29. The monoisotopic (exact) mass is 482 g/mol. The fourth-order valence-electron chi connectivity index (χ4n) is 3.56. The Hall–Kier alpha value is -3.52. The van der Waals surface area contributed by atoms with Crippen LogP contribution in [0.5, 0.6) is 5.75 Å². The molecule has 0 saturated carbocycles. The first-order chi connectivity index (χ1) is 14.9. The van der Waals surface area contributed by atoms with Crippen LogP contribution in [0.1, 0.15) is 17.2 Å². The number of halogens is 2. The zero-order chi connectivity index (χ0) is 22.1. The normalized spacial score (nSPS) is 17.8. The second-order valence-electron chi connectivity index (χ2n) is 6.78. The van der Waals surface area contributed by atoms with E-state index >= 15 is 0 Å². The maximum atomic E-state index is 13.9. The number of ketones is 1. The van der Waals surface area contributed by atoms with E-state index in [0.29, 0.717) is 21.3 Å². The molecule has 1 N–H and O–H groups in total. The number of Topliss-reactive ketones (excluding diaryl/α,β-unsaturated/α-hetero) is 1. The summed E-state index contributed by atoms with van der Waals surface area (Å²) in [5.41, 5.74) is 0.980. The summed E-state index contributed by atoms with van der Waals surface area (Å²) in [4.78, 5) is 31.2. The molecule has 1 amide bonds. The van der Waals surface area contributed by atoms with E-state index in [0.717, 1.165) is 0 Å². The van der Waals surface area contributed by atoms with Crippen LogP contribution in [0, 0.1) is 5.82 Å². The van der Waals surface area contributed by atoms with Crippen LogP contribution in [0.15, 0.2) is 77.0 Å². The van der Waals surface area contributed by atoms with Gasteiger partial charge in [0.2, 0.25) is 0 Å². The molecule has 4 rings (SSSR count). The van der Waals surface area contributed by atoms with Gasteiger partial charge in [-0.15, -0.1) is 0 Å². The molecule has 1 aliphatic heterocycles. The molecule has 2 heterocycles. The molecule has 0 spiro atoms. The quantitative estimate of drug-likeness (QED) is 0.333. The minimum absolute atomic E-state index is 0.0995. The number of hydrogen-bond donors (Lipinski definition) is 1. The first-order valence-electron chi connectivity index (χ1n) is 9.22. The van der Waals surface area contributed by atoms with Crippen LogP contribution in [-0.4, -0.2) is 28.9 Å². The Morgan fingerprint density at radius 1 is 1.13 bits per heavy atom. The molecule has 1 atom stereocenters. The van der Waals surface area contributed by atoms with Crippen molar-refractivity contribution in [3.05, 3.63) is 94.0 Å². The molecule has 1 saturated heterocycles. The van der Waals surface area contributed by atoms with Crippen molar-refractivity contribution in [2.45, 2.75) is 6.04 Å². The second kappa shape index (κ2) is 8.31. The van der Waals surface area contributed by atoms with Crippen LogP contribution < -0.4 is 9.64 Å². The molecule has 1 aromatic heterocycles. The standard InChI is InChI=1S/C23H16BrFN2O4/c1-31-18-6-5-14(11-17(18)24)21(28)19-20(13-7-9-26-10-8-13)27(23(30)22(19)29)16-4-2-3-15(25)12-16/h2-12,20,28H,1H3/b21-19+. The predicted molar refractivity (Wildman–Crippen MR) is 116 cm³/mol. The molecule has 0 bridgehead atoms. The largest absolute Gasteiger partial charge is 0.507 e. The van der Waals surface area contributed by atoms with E-state index in [1.165, 1.54) is 48.7 Å². The van der Waals surface area contributed by atoms with Gasteiger partial charge in [0.15, 0.2) is 0 Å². The molecule has 6 nitrogen and oxygen atoms in total. The van der Waals surface area contributed by atoms with Gasteiger partial charge in [-0.1, -0.05) is 6.07 Å². The van der Waals surface area contributed by atoms with Crippen molar-refractivity contribution < 1.29 is 23.8 Å². The molecule has 0 radical (unpaired) electrons. The summed E-state index contributed by atoms with van der Waals surface area (Å²) in [5.74, 6) is -2.08. The number of methoxy groups -OCH3 is 1. The highest BCUT2D eigenvalue weighted by molar-refractivity contribution is 9.10. The molecular weight excluding hydrogens is 467 g/mol. The highest BCUT2D eigenvalue weighted by Gasteiger charge is 2.47. The van der Waals surface area contributed by atoms with E-state index in [4.69, 9.17) is 4.74 Å². The molecule has 0 aliphatic carbocycles. The topological polar surface area (TPSA) is 79.7 Å². The zero-order valence-corrected chi connectivity index (χ0v) is 17.8. The summed E-state index contributed by atoms with van der Waals surface area (Å²) in [6.45, 7) is 0. The molecular formula is C23H16BrFN2O4. The molecule has 1 fully saturated rings. The van der Waals surface area contributed by atoms with E-state index in [-0.39, 0.29) is 17.0 Å². The van der Waals surface area contributed by atoms with Crippen LogP contribution in [0.25, 0.3) is 5.76 Å². The van der Waals surface area contributed by atoms with Gasteiger partial charge in [0.05, 0.1) is 23.2 Å². The number of hydrogen-bond acceptors (Lipinski definition) is 5. The van der Waals surface area contributed by atoms with Crippen molar-refractivity contribution >= 4 is 39.1 Å². The van der Waals surface area contributed by atoms with Gasteiger partial charge in [-0.25, -0.2) is 4.39 Å². The number of ether oxygens (including phenoxy) is 1. The van der Waals surface area contributed by atoms with Crippen LogP contribution in [-0.2, 0) is 9.59 Å². The Kier molecular flexibility index (Phi) is 5.56. The summed E-state index contributed by atoms with van der Waals surface area (Å²) < 4.78 is 19.7. The highest BCUT2D eigenvalue weighted by Crippen LogP contribution is 2.42. The van der Waals surface area contributed by atoms with E-state index < -0.39 is 23.5 Å². The van der Waals surface area contributed by atoms with Gasteiger partial charge in [-0.2, -0.15) is 0 Å². The third-order valence-corrected chi connectivity index (χ3v) is 5.60. The summed E-state index contributed by atoms with van der Waals surface area (Å²) >= 11 is 3.36. The van der Waals surface area contributed by atoms with Crippen molar-refractivity contribution in [1.82, 2.24) is 4.98 Å². The molecule has 3 aromatic rings. The van der Waals surface area contributed by atoms with Gasteiger partial charge in [-0.3, -0.25) is 19.5 Å². The highest BCUT2D eigenvalue weighted by atomic mass is 79.9. The van der Waals surface area contributed by atoms with Crippen molar-refractivity contribution in [3.8, 4) is 5.75 Å². The molecule has 1 aliphatic rings. The maximum absolute atomic E-state index is 13.9. The summed E-state index contributed by atoms with van der Waals surface area (Å²) in [6.07, 6.45) is 3.04. The Balaban J connectivity index is 1.93. The van der Waals surface area contributed by atoms with Gasteiger partial charge < -0.3 is 9.84 Å². The van der Waals surface area contributed by atoms with Crippen LogP contribution in [0.3, 0.4) is 0 Å². The molecule has 2 aromatic carbocycles. The number of aliphatic hydroxyl groups excluding tert-OH is 1. The molecule has 1 unspecified atom stereocenters.